The summed E-state index contributed by atoms with van der Waals surface area (Å²) in [4.78, 5) is 17.6. The number of hydrogen-bond donors (Lipinski definition) is 1. The lowest BCUT2D eigenvalue weighted by Gasteiger charge is -2.19. The molecule has 0 aliphatic carbocycles. The predicted octanol–water partition coefficient (Wildman–Crippen LogP) is 4.04. The zero-order chi connectivity index (χ0) is 20.4. The molecular weight excluding hydrogens is 371 g/mol. The Morgan fingerprint density at radius 2 is 1.86 bits per heavy atom. The van der Waals surface area contributed by atoms with E-state index >= 15 is 0 Å². The van der Waals surface area contributed by atoms with Gasteiger partial charge < -0.3 is 14.4 Å². The van der Waals surface area contributed by atoms with Gasteiger partial charge in [-0.05, 0) is 24.6 Å². The number of hydrogen-bond acceptors (Lipinski definition) is 4. The molecule has 1 amide bonds. The van der Waals surface area contributed by atoms with Gasteiger partial charge in [0.25, 0.3) is 5.91 Å². The van der Waals surface area contributed by atoms with Crippen molar-refractivity contribution in [1.82, 2.24) is 20.0 Å². The van der Waals surface area contributed by atoms with Crippen molar-refractivity contribution in [3.05, 3.63) is 95.5 Å². The normalized spacial score (nSPS) is 12.0. The number of carbonyl (C=O) groups excluding carboxylic acids is 1. The Labute approximate surface area is 167 Å². The lowest BCUT2D eigenvalue weighted by atomic mass is 10.0. The Morgan fingerprint density at radius 3 is 2.52 bits per heavy atom. The van der Waals surface area contributed by atoms with E-state index in [1.54, 1.807) is 31.5 Å². The first kappa shape index (κ1) is 18.6. The van der Waals surface area contributed by atoms with Crippen LogP contribution in [-0.2, 0) is 7.05 Å². The number of halogens is 1. The summed E-state index contributed by atoms with van der Waals surface area (Å²) in [7, 11) is 1.84. The lowest BCUT2D eigenvalue weighted by molar-refractivity contribution is 0.0940. The van der Waals surface area contributed by atoms with Crippen LogP contribution in [0.3, 0.4) is 0 Å². The van der Waals surface area contributed by atoms with E-state index in [1.165, 1.54) is 12.1 Å². The van der Waals surface area contributed by atoms with E-state index in [4.69, 9.17) is 4.52 Å². The van der Waals surface area contributed by atoms with Crippen LogP contribution in [0, 0.1) is 12.7 Å². The zero-order valence-corrected chi connectivity index (χ0v) is 16.0. The van der Waals surface area contributed by atoms with Gasteiger partial charge in [-0.2, -0.15) is 0 Å². The molecule has 0 bridgehead atoms. The maximum absolute atomic E-state index is 13.4. The first-order chi connectivity index (χ1) is 14.0. The SMILES string of the molecule is Cc1onc(-c2ccccc2)c1C(=O)NC(c1ccc(F)cc1)c1nccn1C. The zero-order valence-electron chi connectivity index (χ0n) is 16.0. The fourth-order valence-electron chi connectivity index (χ4n) is 3.24. The molecule has 6 nitrogen and oxygen atoms in total. The van der Waals surface area contributed by atoms with Crippen molar-refractivity contribution in [2.75, 3.05) is 0 Å². The van der Waals surface area contributed by atoms with E-state index in [2.05, 4.69) is 15.5 Å². The highest BCUT2D eigenvalue weighted by Crippen LogP contribution is 2.27. The highest BCUT2D eigenvalue weighted by atomic mass is 19.1. The Hall–Kier alpha value is -3.74. The third-order valence-corrected chi connectivity index (χ3v) is 4.73. The molecule has 2 heterocycles. The first-order valence-corrected chi connectivity index (χ1v) is 9.10. The number of imidazole rings is 1. The van der Waals surface area contributed by atoms with Crippen molar-refractivity contribution in [3.63, 3.8) is 0 Å². The van der Waals surface area contributed by atoms with Gasteiger partial charge in [0, 0.05) is 25.0 Å². The fraction of sp³-hybridized carbons (Fsp3) is 0.136. The minimum atomic E-state index is -0.568. The molecule has 0 aliphatic heterocycles. The van der Waals surface area contributed by atoms with Gasteiger partial charge in [0.15, 0.2) is 0 Å². The Bertz CT molecular complexity index is 1130. The van der Waals surface area contributed by atoms with E-state index < -0.39 is 6.04 Å². The number of aryl methyl sites for hydroxylation is 2. The molecule has 0 saturated carbocycles. The molecule has 1 N–H and O–H groups in total. The van der Waals surface area contributed by atoms with Crippen LogP contribution < -0.4 is 5.32 Å². The average molecular weight is 390 g/mol. The highest BCUT2D eigenvalue weighted by Gasteiger charge is 2.26. The summed E-state index contributed by atoms with van der Waals surface area (Å²) in [5, 5.41) is 7.08. The summed E-state index contributed by atoms with van der Waals surface area (Å²) in [6, 6.07) is 14.8. The molecule has 29 heavy (non-hydrogen) atoms. The van der Waals surface area contributed by atoms with E-state index in [0.29, 0.717) is 28.4 Å². The molecule has 0 radical (unpaired) electrons. The summed E-state index contributed by atoms with van der Waals surface area (Å²) in [5.74, 6) is 0.346. The molecule has 1 unspecified atom stereocenters. The van der Waals surface area contributed by atoms with Crippen molar-refractivity contribution >= 4 is 5.91 Å². The number of nitrogens with one attached hydrogen (secondary N) is 1. The molecule has 1 atom stereocenters. The van der Waals surface area contributed by atoms with Crippen LogP contribution in [0.2, 0.25) is 0 Å². The van der Waals surface area contributed by atoms with Gasteiger partial charge in [0.1, 0.15) is 34.7 Å². The summed E-state index contributed by atoms with van der Waals surface area (Å²) in [5.41, 5.74) is 2.32. The third-order valence-electron chi connectivity index (χ3n) is 4.73. The van der Waals surface area contributed by atoms with Gasteiger partial charge in [-0.3, -0.25) is 4.79 Å². The van der Waals surface area contributed by atoms with E-state index in [1.807, 2.05) is 41.9 Å². The van der Waals surface area contributed by atoms with Crippen LogP contribution in [0.25, 0.3) is 11.3 Å². The number of amides is 1. The predicted molar refractivity (Wildman–Crippen MR) is 106 cm³/mol. The Balaban J connectivity index is 1.72. The van der Waals surface area contributed by atoms with Crippen molar-refractivity contribution < 1.29 is 13.7 Å². The number of nitrogens with zero attached hydrogens (tertiary/aromatic N) is 3. The molecule has 0 aliphatic rings. The highest BCUT2D eigenvalue weighted by molar-refractivity contribution is 6.01. The Kier molecular flexibility index (Phi) is 4.95. The lowest BCUT2D eigenvalue weighted by Crippen LogP contribution is -2.31. The van der Waals surface area contributed by atoms with Crippen LogP contribution in [0.15, 0.2) is 71.5 Å². The summed E-state index contributed by atoms with van der Waals surface area (Å²) in [6.45, 7) is 1.70. The molecule has 0 spiro atoms. The molecule has 146 valence electrons. The number of rotatable bonds is 5. The molecule has 0 fully saturated rings. The minimum Gasteiger partial charge on any atom is -0.360 e. The molecule has 4 aromatic rings. The maximum Gasteiger partial charge on any atom is 0.258 e. The quantitative estimate of drug-likeness (QED) is 0.558. The second kappa shape index (κ2) is 7.71. The standard InChI is InChI=1S/C22H19FN4O2/c1-14-18(19(26-29-14)15-6-4-3-5-7-15)22(28)25-20(21-24-12-13-27(21)2)16-8-10-17(23)11-9-16/h3-13,20H,1-2H3,(H,25,28). The smallest absolute Gasteiger partial charge is 0.258 e. The van der Waals surface area contributed by atoms with Crippen molar-refractivity contribution in [2.45, 2.75) is 13.0 Å². The largest absolute Gasteiger partial charge is 0.360 e. The molecule has 4 rings (SSSR count). The van der Waals surface area contributed by atoms with Gasteiger partial charge in [-0.15, -0.1) is 0 Å². The van der Waals surface area contributed by atoms with E-state index in [9.17, 15) is 9.18 Å². The van der Waals surface area contributed by atoms with E-state index in [-0.39, 0.29) is 11.7 Å². The van der Waals surface area contributed by atoms with Crippen LogP contribution >= 0.6 is 0 Å². The molecule has 0 saturated heterocycles. The van der Waals surface area contributed by atoms with Crippen molar-refractivity contribution in [3.8, 4) is 11.3 Å². The molecular formula is C22H19FN4O2. The van der Waals surface area contributed by atoms with Gasteiger partial charge >= 0.3 is 0 Å². The fourth-order valence-corrected chi connectivity index (χ4v) is 3.24. The minimum absolute atomic E-state index is 0.347. The van der Waals surface area contributed by atoms with Crippen molar-refractivity contribution in [2.24, 2.45) is 7.05 Å². The monoisotopic (exact) mass is 390 g/mol. The third kappa shape index (κ3) is 3.67. The van der Waals surface area contributed by atoms with Crippen molar-refractivity contribution in [1.29, 1.82) is 0 Å². The van der Waals surface area contributed by atoms with Gasteiger partial charge in [0.2, 0.25) is 0 Å². The first-order valence-electron chi connectivity index (χ1n) is 9.10. The number of aromatic nitrogens is 3. The van der Waals surface area contributed by atoms with Crippen LogP contribution in [-0.4, -0.2) is 20.6 Å². The summed E-state index contributed by atoms with van der Waals surface area (Å²) < 4.78 is 20.5. The second-order valence-electron chi connectivity index (χ2n) is 6.68. The van der Waals surface area contributed by atoms with Crippen LogP contribution in [0.5, 0.6) is 0 Å². The van der Waals surface area contributed by atoms with E-state index in [0.717, 1.165) is 5.56 Å². The second-order valence-corrected chi connectivity index (χ2v) is 6.68. The van der Waals surface area contributed by atoms with Gasteiger partial charge in [0.05, 0.1) is 0 Å². The summed E-state index contributed by atoms with van der Waals surface area (Å²) >= 11 is 0. The van der Waals surface area contributed by atoms with Crippen LogP contribution in [0.4, 0.5) is 4.39 Å². The maximum atomic E-state index is 13.4. The average Bonchev–Trinajstić information content (AvgIpc) is 3.33. The van der Waals surface area contributed by atoms with Crippen LogP contribution in [0.1, 0.15) is 33.5 Å². The molecule has 7 heteroatoms. The Morgan fingerprint density at radius 1 is 1.14 bits per heavy atom. The summed E-state index contributed by atoms with van der Waals surface area (Å²) in [6.07, 6.45) is 3.44. The topological polar surface area (TPSA) is 73.0 Å². The van der Waals surface area contributed by atoms with Gasteiger partial charge in [-0.25, -0.2) is 9.37 Å². The molecule has 2 aromatic heterocycles. The van der Waals surface area contributed by atoms with Gasteiger partial charge in [-0.1, -0.05) is 47.6 Å². The number of carbonyl (C=O) groups is 1. The molecule has 2 aromatic carbocycles. The number of benzene rings is 2.